The molecule has 0 aliphatic carbocycles. The van der Waals surface area contributed by atoms with Crippen LogP contribution in [0.25, 0.3) is 0 Å². The number of nitrogens with zero attached hydrogens (tertiary/aromatic N) is 3. The molecule has 0 bridgehead atoms. The van der Waals surface area contributed by atoms with Crippen molar-refractivity contribution < 1.29 is 4.79 Å². The van der Waals surface area contributed by atoms with Crippen LogP contribution in [0.5, 0.6) is 0 Å². The van der Waals surface area contributed by atoms with E-state index in [-0.39, 0.29) is 36.4 Å². The van der Waals surface area contributed by atoms with Gasteiger partial charge in [-0.1, -0.05) is 32.0 Å². The van der Waals surface area contributed by atoms with E-state index in [9.17, 15) is 4.79 Å². The molecular formula is C19H29IN4O. The molecule has 1 fully saturated rings. The molecule has 0 radical (unpaired) electrons. The van der Waals surface area contributed by atoms with Crippen molar-refractivity contribution in [3.05, 3.63) is 29.8 Å². The second kappa shape index (κ2) is 8.38. The van der Waals surface area contributed by atoms with Gasteiger partial charge in [-0.2, -0.15) is 0 Å². The second-order valence-corrected chi connectivity index (χ2v) is 7.51. The van der Waals surface area contributed by atoms with Crippen LogP contribution in [0.2, 0.25) is 0 Å². The van der Waals surface area contributed by atoms with E-state index < -0.39 is 0 Å². The van der Waals surface area contributed by atoms with Crippen molar-refractivity contribution in [1.82, 2.24) is 10.2 Å². The molecule has 2 heterocycles. The number of benzene rings is 1. The molecule has 1 saturated heterocycles. The average molecular weight is 456 g/mol. The van der Waals surface area contributed by atoms with E-state index in [4.69, 9.17) is 0 Å². The van der Waals surface area contributed by atoms with E-state index >= 15 is 0 Å². The van der Waals surface area contributed by atoms with Gasteiger partial charge in [-0.15, -0.1) is 24.0 Å². The predicted molar refractivity (Wildman–Crippen MR) is 114 cm³/mol. The largest absolute Gasteiger partial charge is 0.347 e. The van der Waals surface area contributed by atoms with Crippen molar-refractivity contribution in [2.45, 2.75) is 33.1 Å². The van der Waals surface area contributed by atoms with Gasteiger partial charge in [-0.3, -0.25) is 9.79 Å². The summed E-state index contributed by atoms with van der Waals surface area (Å²) < 4.78 is 0. The minimum Gasteiger partial charge on any atom is -0.347 e. The van der Waals surface area contributed by atoms with Crippen LogP contribution in [0.4, 0.5) is 5.69 Å². The van der Waals surface area contributed by atoms with Crippen LogP contribution in [0.1, 0.15) is 32.3 Å². The number of fused-ring (bicyclic) bond motifs is 1. The van der Waals surface area contributed by atoms with Crippen molar-refractivity contribution in [3.8, 4) is 0 Å². The fraction of sp³-hybridized carbons (Fsp3) is 0.579. The van der Waals surface area contributed by atoms with E-state index in [0.29, 0.717) is 5.41 Å². The Morgan fingerprint density at radius 2 is 2.04 bits per heavy atom. The normalized spacial score (nSPS) is 19.2. The number of hydrogen-bond donors (Lipinski definition) is 1. The lowest BCUT2D eigenvalue weighted by molar-refractivity contribution is -0.117. The Labute approximate surface area is 167 Å². The third kappa shape index (κ3) is 4.65. The molecule has 2 aliphatic heterocycles. The molecule has 6 heteroatoms. The third-order valence-electron chi connectivity index (χ3n) is 5.00. The van der Waals surface area contributed by atoms with Gasteiger partial charge in [0, 0.05) is 32.4 Å². The lowest BCUT2D eigenvalue weighted by Gasteiger charge is -2.30. The summed E-state index contributed by atoms with van der Waals surface area (Å²) in [5.41, 5.74) is 2.64. The number of aliphatic imine (C=N–C) groups is 1. The van der Waals surface area contributed by atoms with E-state index in [1.165, 1.54) is 5.56 Å². The van der Waals surface area contributed by atoms with Crippen molar-refractivity contribution >= 4 is 41.5 Å². The van der Waals surface area contributed by atoms with Gasteiger partial charge in [0.2, 0.25) is 5.91 Å². The number of carbonyl (C=O) groups excluding carboxylic acids is 1. The van der Waals surface area contributed by atoms with Gasteiger partial charge in [-0.05, 0) is 36.3 Å². The van der Waals surface area contributed by atoms with Gasteiger partial charge in [0.05, 0.1) is 6.54 Å². The van der Waals surface area contributed by atoms with Gasteiger partial charge >= 0.3 is 0 Å². The smallest absolute Gasteiger partial charge is 0.246 e. The van der Waals surface area contributed by atoms with Gasteiger partial charge in [-0.25, -0.2) is 0 Å². The summed E-state index contributed by atoms with van der Waals surface area (Å²) in [7, 11) is 1.79. The number of anilines is 1. The Kier molecular flexibility index (Phi) is 6.71. The first kappa shape index (κ1) is 20.0. The number of likely N-dealkylation sites (tertiary alicyclic amines) is 1. The summed E-state index contributed by atoms with van der Waals surface area (Å²) >= 11 is 0. The quantitative estimate of drug-likeness (QED) is 0.423. The maximum absolute atomic E-state index is 12.7. The number of guanidine groups is 1. The number of amides is 1. The first-order valence-corrected chi connectivity index (χ1v) is 8.84. The van der Waals surface area contributed by atoms with Crippen molar-refractivity contribution in [2.75, 3.05) is 38.1 Å². The predicted octanol–water partition coefficient (Wildman–Crippen LogP) is 2.89. The highest BCUT2D eigenvalue weighted by molar-refractivity contribution is 14.0. The molecule has 3 rings (SSSR count). The molecule has 138 valence electrons. The highest BCUT2D eigenvalue weighted by Gasteiger charge is 2.31. The zero-order valence-electron chi connectivity index (χ0n) is 15.4. The summed E-state index contributed by atoms with van der Waals surface area (Å²) in [6.07, 6.45) is 3.23. The van der Waals surface area contributed by atoms with Gasteiger partial charge in [0.25, 0.3) is 0 Å². The van der Waals surface area contributed by atoms with Crippen molar-refractivity contribution in [1.29, 1.82) is 0 Å². The van der Waals surface area contributed by atoms with E-state index in [1.807, 2.05) is 23.1 Å². The number of nitrogens with one attached hydrogen (secondary N) is 1. The molecular weight excluding hydrogens is 427 g/mol. The Morgan fingerprint density at radius 3 is 2.72 bits per heavy atom. The Hall–Kier alpha value is -1.31. The minimum atomic E-state index is 0. The summed E-state index contributed by atoms with van der Waals surface area (Å²) in [5.74, 6) is 0.945. The first-order valence-electron chi connectivity index (χ1n) is 8.84. The molecule has 0 aromatic heterocycles. The summed E-state index contributed by atoms with van der Waals surface area (Å²) in [6, 6.07) is 8.21. The maximum atomic E-state index is 12.7. The molecule has 0 unspecified atom stereocenters. The number of para-hydroxylation sites is 1. The highest BCUT2D eigenvalue weighted by atomic mass is 127. The zero-order valence-corrected chi connectivity index (χ0v) is 17.7. The molecule has 1 amide bonds. The first-order chi connectivity index (χ1) is 11.5. The van der Waals surface area contributed by atoms with Crippen LogP contribution < -0.4 is 10.2 Å². The van der Waals surface area contributed by atoms with E-state index in [1.54, 1.807) is 7.05 Å². The molecule has 0 spiro atoms. The van der Waals surface area contributed by atoms with Crippen LogP contribution in [0.15, 0.2) is 29.3 Å². The minimum absolute atomic E-state index is 0. The van der Waals surface area contributed by atoms with Crippen molar-refractivity contribution in [2.24, 2.45) is 10.4 Å². The summed E-state index contributed by atoms with van der Waals surface area (Å²) in [4.78, 5) is 21.2. The number of halogens is 1. The Bertz CT molecular complexity index is 644. The maximum Gasteiger partial charge on any atom is 0.246 e. The topological polar surface area (TPSA) is 47.9 Å². The highest BCUT2D eigenvalue weighted by Crippen LogP contribution is 2.29. The summed E-state index contributed by atoms with van der Waals surface area (Å²) in [6.45, 7) is 7.61. The fourth-order valence-electron chi connectivity index (χ4n) is 3.67. The van der Waals surface area contributed by atoms with Crippen LogP contribution in [-0.2, 0) is 11.2 Å². The lowest BCUT2D eigenvalue weighted by Crippen LogP contribution is -2.47. The number of carbonyl (C=O) groups is 1. The molecule has 1 aromatic carbocycles. The van der Waals surface area contributed by atoms with Crippen LogP contribution in [0.3, 0.4) is 0 Å². The second-order valence-electron chi connectivity index (χ2n) is 7.51. The third-order valence-corrected chi connectivity index (χ3v) is 5.00. The molecule has 1 N–H and O–H groups in total. The van der Waals surface area contributed by atoms with Crippen molar-refractivity contribution in [3.63, 3.8) is 0 Å². The van der Waals surface area contributed by atoms with Gasteiger partial charge in [0.1, 0.15) is 0 Å². The molecule has 0 atom stereocenters. The lowest BCUT2D eigenvalue weighted by atomic mass is 9.93. The Morgan fingerprint density at radius 1 is 1.28 bits per heavy atom. The molecule has 5 nitrogen and oxygen atoms in total. The fourth-order valence-corrected chi connectivity index (χ4v) is 3.67. The monoisotopic (exact) mass is 456 g/mol. The van der Waals surface area contributed by atoms with E-state index in [0.717, 1.165) is 50.5 Å². The number of rotatable bonds is 2. The van der Waals surface area contributed by atoms with Crippen LogP contribution >= 0.6 is 24.0 Å². The Balaban J connectivity index is 0.00000225. The van der Waals surface area contributed by atoms with Gasteiger partial charge in [0.15, 0.2) is 5.96 Å². The standard InChI is InChI=1S/C19H28N4O.HI/c1-19(2)10-12-22(14-19)18(20-3)21-13-17(24)23-11-6-8-15-7-4-5-9-16(15)23;/h4-5,7,9H,6,8,10-14H2,1-3H3,(H,20,21);1H. The van der Waals surface area contributed by atoms with Gasteiger partial charge < -0.3 is 15.1 Å². The molecule has 2 aliphatic rings. The van der Waals surface area contributed by atoms with Crippen LogP contribution in [-0.4, -0.2) is 50.0 Å². The zero-order chi connectivity index (χ0) is 17.2. The van der Waals surface area contributed by atoms with E-state index in [2.05, 4.69) is 35.1 Å². The number of aryl methyl sites for hydroxylation is 1. The van der Waals surface area contributed by atoms with Crippen LogP contribution in [0, 0.1) is 5.41 Å². The average Bonchev–Trinajstić information content (AvgIpc) is 2.94. The number of hydrogen-bond acceptors (Lipinski definition) is 2. The SMILES string of the molecule is CN=C(NCC(=O)N1CCCc2ccccc21)N1CCC(C)(C)C1.I. The molecule has 0 saturated carbocycles. The molecule has 25 heavy (non-hydrogen) atoms. The summed E-state index contributed by atoms with van der Waals surface area (Å²) in [5, 5.41) is 3.26. The molecule has 1 aromatic rings.